The monoisotopic (exact) mass is 277 g/mol. The van der Waals surface area contributed by atoms with E-state index in [1.807, 2.05) is 0 Å². The van der Waals surface area contributed by atoms with Crippen molar-refractivity contribution in [2.45, 2.75) is 12.5 Å². The molecule has 0 aliphatic carbocycles. The Morgan fingerprint density at radius 2 is 1.75 bits per heavy atom. The Hall–Kier alpha value is -2.27. The predicted octanol–water partition coefficient (Wildman–Crippen LogP) is 2.59. The third kappa shape index (κ3) is 3.00. The van der Waals surface area contributed by atoms with Crippen molar-refractivity contribution < 1.29 is 18.7 Å². The van der Waals surface area contributed by atoms with Crippen LogP contribution in [-0.4, -0.2) is 17.1 Å². The molecule has 1 unspecified atom stereocenters. The molecule has 3 N–H and O–H groups in total. The van der Waals surface area contributed by atoms with Crippen LogP contribution in [-0.2, 0) is 11.2 Å². The summed E-state index contributed by atoms with van der Waals surface area (Å²) in [5.74, 6) is -2.24. The SMILES string of the molecule is NC(Cc1ccc(F)c(-c2ccccc2F)c1)C(=O)O. The Morgan fingerprint density at radius 1 is 1.10 bits per heavy atom. The fraction of sp³-hybridized carbons (Fsp3) is 0.133. The number of rotatable bonds is 4. The van der Waals surface area contributed by atoms with Crippen LogP contribution in [0.4, 0.5) is 8.78 Å². The van der Waals surface area contributed by atoms with Crippen LogP contribution in [0, 0.1) is 11.6 Å². The Balaban J connectivity index is 2.40. The first-order valence-electron chi connectivity index (χ1n) is 6.00. The van der Waals surface area contributed by atoms with Gasteiger partial charge in [-0.2, -0.15) is 0 Å². The second-order valence-corrected chi connectivity index (χ2v) is 4.44. The second kappa shape index (κ2) is 5.79. The summed E-state index contributed by atoms with van der Waals surface area (Å²) in [5.41, 5.74) is 6.21. The van der Waals surface area contributed by atoms with E-state index in [-0.39, 0.29) is 17.5 Å². The maximum atomic E-state index is 13.8. The molecule has 2 rings (SSSR count). The maximum absolute atomic E-state index is 13.8. The number of nitrogens with two attached hydrogens (primary N) is 1. The summed E-state index contributed by atoms with van der Waals surface area (Å²) in [5, 5.41) is 8.77. The lowest BCUT2D eigenvalue weighted by atomic mass is 9.99. The van der Waals surface area contributed by atoms with Gasteiger partial charge in [0.1, 0.15) is 17.7 Å². The molecule has 0 heterocycles. The van der Waals surface area contributed by atoms with Crippen LogP contribution in [0.25, 0.3) is 11.1 Å². The highest BCUT2D eigenvalue weighted by Gasteiger charge is 2.15. The summed E-state index contributed by atoms with van der Waals surface area (Å²) in [6.45, 7) is 0. The fourth-order valence-electron chi connectivity index (χ4n) is 1.93. The van der Waals surface area contributed by atoms with E-state index in [1.165, 1.54) is 36.4 Å². The van der Waals surface area contributed by atoms with Crippen molar-refractivity contribution in [2.75, 3.05) is 0 Å². The molecule has 0 spiro atoms. The smallest absolute Gasteiger partial charge is 0.320 e. The summed E-state index contributed by atoms with van der Waals surface area (Å²) in [6, 6.07) is 8.81. The number of hydrogen-bond donors (Lipinski definition) is 2. The van der Waals surface area contributed by atoms with Gasteiger partial charge in [-0.1, -0.05) is 24.3 Å². The van der Waals surface area contributed by atoms with E-state index in [2.05, 4.69) is 0 Å². The molecule has 3 nitrogen and oxygen atoms in total. The Morgan fingerprint density at radius 3 is 2.40 bits per heavy atom. The lowest BCUT2D eigenvalue weighted by molar-refractivity contribution is -0.138. The summed E-state index contributed by atoms with van der Waals surface area (Å²) in [7, 11) is 0. The van der Waals surface area contributed by atoms with E-state index >= 15 is 0 Å². The molecule has 0 saturated heterocycles. The zero-order chi connectivity index (χ0) is 14.7. The Kier molecular flexibility index (Phi) is 4.10. The Bertz CT molecular complexity index is 644. The van der Waals surface area contributed by atoms with E-state index < -0.39 is 23.6 Å². The maximum Gasteiger partial charge on any atom is 0.320 e. The van der Waals surface area contributed by atoms with Crippen LogP contribution in [0.5, 0.6) is 0 Å². The molecule has 0 amide bonds. The van der Waals surface area contributed by atoms with Gasteiger partial charge in [0.05, 0.1) is 0 Å². The molecule has 0 aromatic heterocycles. The molecule has 0 fully saturated rings. The van der Waals surface area contributed by atoms with Gasteiger partial charge in [-0.15, -0.1) is 0 Å². The number of hydrogen-bond acceptors (Lipinski definition) is 2. The Labute approximate surface area is 114 Å². The lowest BCUT2D eigenvalue weighted by Crippen LogP contribution is -2.32. The highest BCUT2D eigenvalue weighted by Crippen LogP contribution is 2.26. The predicted molar refractivity (Wildman–Crippen MR) is 71.1 cm³/mol. The van der Waals surface area contributed by atoms with Crippen LogP contribution < -0.4 is 5.73 Å². The van der Waals surface area contributed by atoms with Crippen molar-refractivity contribution >= 4 is 5.97 Å². The minimum atomic E-state index is -1.14. The number of aliphatic carboxylic acids is 1. The molecule has 0 aliphatic heterocycles. The van der Waals surface area contributed by atoms with E-state index in [4.69, 9.17) is 10.8 Å². The van der Waals surface area contributed by atoms with Crippen molar-refractivity contribution in [3.8, 4) is 11.1 Å². The van der Waals surface area contributed by atoms with Gasteiger partial charge in [-0.3, -0.25) is 4.79 Å². The highest BCUT2D eigenvalue weighted by molar-refractivity contribution is 5.74. The molecule has 0 radical (unpaired) electrons. The first-order chi connectivity index (χ1) is 9.49. The third-order valence-electron chi connectivity index (χ3n) is 2.97. The van der Waals surface area contributed by atoms with Gasteiger partial charge < -0.3 is 10.8 Å². The van der Waals surface area contributed by atoms with E-state index in [0.717, 1.165) is 0 Å². The molecule has 0 aliphatic rings. The molecular weight excluding hydrogens is 264 g/mol. The van der Waals surface area contributed by atoms with Crippen LogP contribution >= 0.6 is 0 Å². The van der Waals surface area contributed by atoms with Gasteiger partial charge in [0.2, 0.25) is 0 Å². The molecule has 0 saturated carbocycles. The zero-order valence-corrected chi connectivity index (χ0v) is 10.5. The topological polar surface area (TPSA) is 63.3 Å². The lowest BCUT2D eigenvalue weighted by Gasteiger charge is -2.10. The molecule has 104 valence electrons. The van der Waals surface area contributed by atoms with Crippen LogP contribution in [0.2, 0.25) is 0 Å². The van der Waals surface area contributed by atoms with Crippen molar-refractivity contribution in [2.24, 2.45) is 5.73 Å². The fourth-order valence-corrected chi connectivity index (χ4v) is 1.93. The minimum absolute atomic E-state index is 0.0526. The molecular formula is C15H13F2NO2. The molecule has 20 heavy (non-hydrogen) atoms. The van der Waals surface area contributed by atoms with Gasteiger partial charge in [-0.25, -0.2) is 8.78 Å². The number of carboxylic acids is 1. The van der Waals surface area contributed by atoms with Gasteiger partial charge >= 0.3 is 5.97 Å². The van der Waals surface area contributed by atoms with Gasteiger partial charge in [-0.05, 0) is 30.2 Å². The molecule has 2 aromatic carbocycles. The third-order valence-corrected chi connectivity index (χ3v) is 2.97. The number of carboxylic acid groups (broad SMARTS) is 1. The average Bonchev–Trinajstić information content (AvgIpc) is 2.41. The molecule has 2 aromatic rings. The summed E-state index contributed by atoms with van der Waals surface area (Å²) < 4.78 is 27.5. The number of benzene rings is 2. The largest absolute Gasteiger partial charge is 0.480 e. The number of halogens is 2. The van der Waals surface area contributed by atoms with Crippen molar-refractivity contribution in [3.63, 3.8) is 0 Å². The molecule has 5 heteroatoms. The first-order valence-corrected chi connectivity index (χ1v) is 6.00. The highest BCUT2D eigenvalue weighted by atomic mass is 19.1. The van der Waals surface area contributed by atoms with E-state index in [9.17, 15) is 13.6 Å². The van der Waals surface area contributed by atoms with Crippen LogP contribution in [0.3, 0.4) is 0 Å². The van der Waals surface area contributed by atoms with Gasteiger partial charge in [0.25, 0.3) is 0 Å². The standard InChI is InChI=1S/C15H13F2NO2/c16-12-4-2-1-3-10(12)11-7-9(5-6-13(11)17)8-14(18)15(19)20/h1-7,14H,8,18H2,(H,19,20). The van der Waals surface area contributed by atoms with Crippen molar-refractivity contribution in [1.29, 1.82) is 0 Å². The zero-order valence-electron chi connectivity index (χ0n) is 10.5. The normalized spacial score (nSPS) is 12.2. The van der Waals surface area contributed by atoms with Crippen molar-refractivity contribution in [1.82, 2.24) is 0 Å². The van der Waals surface area contributed by atoms with Gasteiger partial charge in [0.15, 0.2) is 0 Å². The second-order valence-electron chi connectivity index (χ2n) is 4.44. The minimum Gasteiger partial charge on any atom is -0.480 e. The van der Waals surface area contributed by atoms with Gasteiger partial charge in [0, 0.05) is 11.1 Å². The van der Waals surface area contributed by atoms with Crippen molar-refractivity contribution in [3.05, 3.63) is 59.7 Å². The number of carbonyl (C=O) groups is 1. The quantitative estimate of drug-likeness (QED) is 0.902. The van der Waals surface area contributed by atoms with Crippen LogP contribution in [0.1, 0.15) is 5.56 Å². The average molecular weight is 277 g/mol. The molecule has 1 atom stereocenters. The summed E-state index contributed by atoms with van der Waals surface area (Å²) in [6.07, 6.45) is 0.0526. The van der Waals surface area contributed by atoms with E-state index in [0.29, 0.717) is 5.56 Å². The summed E-state index contributed by atoms with van der Waals surface area (Å²) in [4.78, 5) is 10.7. The molecule has 0 bridgehead atoms. The van der Waals surface area contributed by atoms with Crippen LogP contribution in [0.15, 0.2) is 42.5 Å². The summed E-state index contributed by atoms with van der Waals surface area (Å²) >= 11 is 0. The van der Waals surface area contributed by atoms with E-state index in [1.54, 1.807) is 6.07 Å². The first kappa shape index (κ1) is 14.1.